The van der Waals surface area contributed by atoms with Gasteiger partial charge in [-0.05, 0) is 56.8 Å². The molecule has 0 spiro atoms. The number of rotatable bonds is 12. The number of furan rings is 1. The molecule has 0 unspecified atom stereocenters. The Balaban J connectivity index is 2.06. The van der Waals surface area contributed by atoms with Crippen LogP contribution in [-0.2, 0) is 4.79 Å². The summed E-state index contributed by atoms with van der Waals surface area (Å²) in [6.45, 7) is 11.4. The average molecular weight is 457 g/mol. The monoisotopic (exact) mass is 456 g/mol. The number of nitrogens with zero attached hydrogens (tertiary/aromatic N) is 2. The van der Waals surface area contributed by atoms with Gasteiger partial charge in [0.05, 0.1) is 31.1 Å². The third-order valence-corrected chi connectivity index (χ3v) is 5.73. The molecule has 0 saturated heterocycles. The third-order valence-electron chi connectivity index (χ3n) is 5.73. The smallest absolute Gasteiger partial charge is 0.290 e. The Morgan fingerprint density at radius 3 is 2.39 bits per heavy atom. The standard InChI is InChI=1S/C25H32N2O6/c1-5-26(6-2)13-14-27-22(17-11-12-18(31-7-3)20(16-17)32-8-4)21(24(29)25(27)30)23(28)19-10-9-15-33-19/h9-12,15-16,22,29H,5-8,13-14H2,1-4H3/t22-/m1/s1. The molecule has 0 fully saturated rings. The molecule has 0 aliphatic carbocycles. The fourth-order valence-electron chi connectivity index (χ4n) is 4.03. The molecule has 1 atom stereocenters. The van der Waals surface area contributed by atoms with Crippen LogP contribution >= 0.6 is 0 Å². The van der Waals surface area contributed by atoms with Crippen LogP contribution in [0.25, 0.3) is 0 Å². The van der Waals surface area contributed by atoms with Crippen LogP contribution < -0.4 is 9.47 Å². The average Bonchev–Trinajstić information content (AvgIpc) is 3.44. The molecule has 178 valence electrons. The van der Waals surface area contributed by atoms with Crippen molar-refractivity contribution in [1.82, 2.24) is 9.80 Å². The van der Waals surface area contributed by atoms with Crippen molar-refractivity contribution >= 4 is 11.7 Å². The Hall–Kier alpha value is -3.26. The van der Waals surface area contributed by atoms with Gasteiger partial charge in [0.25, 0.3) is 5.91 Å². The zero-order chi connectivity index (χ0) is 24.0. The molecule has 8 nitrogen and oxygen atoms in total. The number of aliphatic hydroxyl groups excluding tert-OH is 1. The second kappa shape index (κ2) is 11.0. The Kier molecular flexibility index (Phi) is 8.16. The van der Waals surface area contributed by atoms with Crippen LogP contribution in [0.1, 0.15) is 49.9 Å². The molecule has 1 aliphatic heterocycles. The molecular formula is C25H32N2O6. The van der Waals surface area contributed by atoms with E-state index in [-0.39, 0.29) is 11.3 Å². The zero-order valence-electron chi connectivity index (χ0n) is 19.7. The highest BCUT2D eigenvalue weighted by atomic mass is 16.5. The van der Waals surface area contributed by atoms with Gasteiger partial charge in [-0.2, -0.15) is 0 Å². The Labute approximate surface area is 194 Å². The fourth-order valence-corrected chi connectivity index (χ4v) is 4.03. The molecule has 0 radical (unpaired) electrons. The first-order valence-electron chi connectivity index (χ1n) is 11.4. The summed E-state index contributed by atoms with van der Waals surface area (Å²) in [5, 5.41) is 10.8. The molecule has 0 bridgehead atoms. The van der Waals surface area contributed by atoms with E-state index in [1.165, 1.54) is 17.2 Å². The fraction of sp³-hybridized carbons (Fsp3) is 0.440. The maximum absolute atomic E-state index is 13.3. The number of carbonyl (C=O) groups excluding carboxylic acids is 2. The molecule has 2 aromatic rings. The molecule has 33 heavy (non-hydrogen) atoms. The van der Waals surface area contributed by atoms with Crippen molar-refractivity contribution in [2.75, 3.05) is 39.4 Å². The van der Waals surface area contributed by atoms with Crippen LogP contribution in [0.2, 0.25) is 0 Å². The van der Waals surface area contributed by atoms with Gasteiger partial charge in [-0.15, -0.1) is 0 Å². The van der Waals surface area contributed by atoms with Crippen LogP contribution in [0.4, 0.5) is 0 Å². The highest BCUT2D eigenvalue weighted by Gasteiger charge is 2.44. The van der Waals surface area contributed by atoms with E-state index in [0.717, 1.165) is 13.1 Å². The van der Waals surface area contributed by atoms with Crippen LogP contribution in [0, 0.1) is 0 Å². The van der Waals surface area contributed by atoms with E-state index in [9.17, 15) is 14.7 Å². The third kappa shape index (κ3) is 5.06. The highest BCUT2D eigenvalue weighted by molar-refractivity contribution is 6.15. The van der Waals surface area contributed by atoms with E-state index in [2.05, 4.69) is 18.7 Å². The van der Waals surface area contributed by atoms with Gasteiger partial charge in [0.1, 0.15) is 0 Å². The van der Waals surface area contributed by atoms with Crippen molar-refractivity contribution in [3.05, 3.63) is 59.3 Å². The minimum absolute atomic E-state index is 0.00102. The van der Waals surface area contributed by atoms with Crippen LogP contribution in [0.3, 0.4) is 0 Å². The van der Waals surface area contributed by atoms with Crippen molar-refractivity contribution in [2.45, 2.75) is 33.7 Å². The lowest BCUT2D eigenvalue weighted by atomic mass is 9.94. The number of hydrogen-bond acceptors (Lipinski definition) is 7. The number of aliphatic hydroxyl groups is 1. The molecule has 1 aromatic heterocycles. The molecule has 3 rings (SSSR count). The number of ether oxygens (including phenoxy) is 2. The van der Waals surface area contributed by atoms with Crippen LogP contribution in [0.15, 0.2) is 52.3 Å². The number of amides is 1. The topological polar surface area (TPSA) is 92.5 Å². The summed E-state index contributed by atoms with van der Waals surface area (Å²) in [5.74, 6) is -0.482. The van der Waals surface area contributed by atoms with Gasteiger partial charge in [0.2, 0.25) is 5.78 Å². The van der Waals surface area contributed by atoms with E-state index in [4.69, 9.17) is 13.9 Å². The number of likely N-dealkylation sites (N-methyl/N-ethyl adjacent to an activating group) is 1. The van der Waals surface area contributed by atoms with E-state index in [1.807, 2.05) is 13.8 Å². The summed E-state index contributed by atoms with van der Waals surface area (Å²) in [7, 11) is 0. The quantitative estimate of drug-likeness (QED) is 0.483. The maximum atomic E-state index is 13.3. The van der Waals surface area contributed by atoms with Crippen LogP contribution in [0.5, 0.6) is 11.5 Å². The molecule has 8 heteroatoms. The molecule has 1 aliphatic rings. The number of ketones is 1. The lowest BCUT2D eigenvalue weighted by molar-refractivity contribution is -0.129. The van der Waals surface area contributed by atoms with Gasteiger partial charge in [-0.25, -0.2) is 0 Å². The van der Waals surface area contributed by atoms with E-state index in [1.54, 1.807) is 24.3 Å². The largest absolute Gasteiger partial charge is 0.503 e. The molecule has 1 N–H and O–H groups in total. The summed E-state index contributed by atoms with van der Waals surface area (Å²) in [4.78, 5) is 30.1. The first-order chi connectivity index (χ1) is 16.0. The molecular weight excluding hydrogens is 424 g/mol. The number of hydrogen-bond donors (Lipinski definition) is 1. The number of carbonyl (C=O) groups is 2. The van der Waals surface area contributed by atoms with Crippen molar-refractivity contribution in [1.29, 1.82) is 0 Å². The molecule has 1 amide bonds. The predicted molar refractivity (Wildman–Crippen MR) is 124 cm³/mol. The van der Waals surface area contributed by atoms with Crippen molar-refractivity contribution < 1.29 is 28.6 Å². The lowest BCUT2D eigenvalue weighted by Crippen LogP contribution is -2.38. The molecule has 1 aromatic carbocycles. The Bertz CT molecular complexity index is 994. The maximum Gasteiger partial charge on any atom is 0.290 e. The van der Waals surface area contributed by atoms with Gasteiger partial charge in [-0.3, -0.25) is 9.59 Å². The molecule has 2 heterocycles. The summed E-state index contributed by atoms with van der Waals surface area (Å²) < 4.78 is 16.7. The van der Waals surface area contributed by atoms with Gasteiger partial charge in [-0.1, -0.05) is 19.9 Å². The first kappa shape index (κ1) is 24.4. The van der Waals surface area contributed by atoms with Gasteiger partial charge < -0.3 is 28.8 Å². The van der Waals surface area contributed by atoms with E-state index >= 15 is 0 Å². The lowest BCUT2D eigenvalue weighted by Gasteiger charge is -2.29. The van der Waals surface area contributed by atoms with E-state index in [0.29, 0.717) is 43.4 Å². The minimum Gasteiger partial charge on any atom is -0.503 e. The SMILES string of the molecule is CCOc1ccc([C@@H]2C(C(=O)c3ccco3)=C(O)C(=O)N2CCN(CC)CC)cc1OCC. The van der Waals surface area contributed by atoms with E-state index < -0.39 is 23.5 Å². The Morgan fingerprint density at radius 2 is 1.79 bits per heavy atom. The summed E-state index contributed by atoms with van der Waals surface area (Å²) >= 11 is 0. The first-order valence-corrected chi connectivity index (χ1v) is 11.4. The second-order valence-electron chi connectivity index (χ2n) is 7.57. The van der Waals surface area contributed by atoms with Gasteiger partial charge >= 0.3 is 0 Å². The summed E-state index contributed by atoms with van der Waals surface area (Å²) in [6, 6.07) is 7.67. The minimum atomic E-state index is -0.777. The summed E-state index contributed by atoms with van der Waals surface area (Å²) in [5.41, 5.74) is 0.648. The molecule has 0 saturated carbocycles. The summed E-state index contributed by atoms with van der Waals surface area (Å²) in [6.07, 6.45) is 1.39. The predicted octanol–water partition coefficient (Wildman–Crippen LogP) is 4.00. The Morgan fingerprint density at radius 1 is 1.09 bits per heavy atom. The van der Waals surface area contributed by atoms with Gasteiger partial charge in [0, 0.05) is 13.1 Å². The van der Waals surface area contributed by atoms with Crippen LogP contribution in [-0.4, -0.2) is 66.0 Å². The van der Waals surface area contributed by atoms with Crippen molar-refractivity contribution in [3.8, 4) is 11.5 Å². The number of Topliss-reactive ketones (excluding diaryl/α,β-unsaturated/α-hetero) is 1. The van der Waals surface area contributed by atoms with Crippen molar-refractivity contribution in [3.63, 3.8) is 0 Å². The van der Waals surface area contributed by atoms with Gasteiger partial charge in [0.15, 0.2) is 23.0 Å². The van der Waals surface area contributed by atoms with Crippen molar-refractivity contribution in [2.24, 2.45) is 0 Å². The number of benzene rings is 1. The normalized spacial score (nSPS) is 16.1. The second-order valence-corrected chi connectivity index (χ2v) is 7.57. The zero-order valence-corrected chi connectivity index (χ0v) is 19.7. The highest BCUT2D eigenvalue weighted by Crippen LogP contribution is 2.41.